The van der Waals surface area contributed by atoms with Crippen molar-refractivity contribution in [3.63, 3.8) is 0 Å². The van der Waals surface area contributed by atoms with Crippen LogP contribution in [-0.2, 0) is 0 Å². The molecule has 3 aromatic rings. The molecule has 2 amide bonds. The number of aromatic nitrogens is 2. The molecule has 0 radical (unpaired) electrons. The second-order valence-corrected chi connectivity index (χ2v) is 6.88. The summed E-state index contributed by atoms with van der Waals surface area (Å²) in [6.45, 7) is 3.73. The van der Waals surface area contributed by atoms with Crippen LogP contribution in [0.25, 0.3) is 0 Å². The first-order chi connectivity index (χ1) is 13.8. The van der Waals surface area contributed by atoms with Gasteiger partial charge in [-0.05, 0) is 38.1 Å². The van der Waals surface area contributed by atoms with E-state index in [9.17, 15) is 18.4 Å². The third-order valence-electron chi connectivity index (χ3n) is 4.07. The summed E-state index contributed by atoms with van der Waals surface area (Å²) in [4.78, 5) is 26.8. The molecular formula is C20H17ClF2N4O2. The normalized spacial score (nSPS) is 10.8. The van der Waals surface area contributed by atoms with E-state index in [-0.39, 0.29) is 34.0 Å². The van der Waals surface area contributed by atoms with Gasteiger partial charge in [0.2, 0.25) is 0 Å². The van der Waals surface area contributed by atoms with E-state index in [4.69, 9.17) is 11.6 Å². The largest absolute Gasteiger partial charge is 0.307 e. The van der Waals surface area contributed by atoms with Crippen LogP contribution in [0.15, 0.2) is 48.5 Å². The van der Waals surface area contributed by atoms with Gasteiger partial charge in [-0.15, -0.1) is 0 Å². The summed E-state index contributed by atoms with van der Waals surface area (Å²) in [6, 6.07) is 11.7. The Morgan fingerprint density at radius 1 is 1.10 bits per heavy atom. The van der Waals surface area contributed by atoms with Crippen molar-refractivity contribution < 1.29 is 18.4 Å². The molecule has 0 aliphatic carbocycles. The van der Waals surface area contributed by atoms with Gasteiger partial charge in [0.25, 0.3) is 11.8 Å². The molecule has 29 heavy (non-hydrogen) atoms. The maximum atomic E-state index is 13.4. The second-order valence-electron chi connectivity index (χ2n) is 6.47. The first kappa shape index (κ1) is 20.5. The molecule has 0 bridgehead atoms. The summed E-state index contributed by atoms with van der Waals surface area (Å²) in [5.41, 5.74) is 0.532. The van der Waals surface area contributed by atoms with E-state index in [0.29, 0.717) is 17.8 Å². The molecule has 3 rings (SSSR count). The molecule has 2 N–H and O–H groups in total. The predicted molar refractivity (Wildman–Crippen MR) is 106 cm³/mol. The molecule has 0 atom stereocenters. The number of carbonyl (C=O) groups excluding carboxylic acids is 2. The summed E-state index contributed by atoms with van der Waals surface area (Å²) in [5, 5.41) is 8.67. The van der Waals surface area contributed by atoms with Crippen molar-refractivity contribution in [2.24, 2.45) is 0 Å². The number of nitrogens with one attached hydrogen (secondary N) is 2. The molecule has 6 nitrogen and oxygen atoms in total. The topological polar surface area (TPSA) is 78.1 Å². The number of benzene rings is 2. The number of amides is 2. The summed E-state index contributed by atoms with van der Waals surface area (Å²) in [6.07, 6.45) is 0. The zero-order valence-electron chi connectivity index (χ0n) is 15.5. The fourth-order valence-electron chi connectivity index (χ4n) is 2.74. The lowest BCUT2D eigenvalue weighted by Gasteiger charge is -2.26. The minimum absolute atomic E-state index is 0.0780. The molecule has 0 fully saturated rings. The summed E-state index contributed by atoms with van der Waals surface area (Å²) < 4.78 is 26.6. The average Bonchev–Trinajstić information content (AvgIpc) is 3.13. The van der Waals surface area contributed by atoms with Gasteiger partial charge in [-0.2, -0.15) is 5.10 Å². The third kappa shape index (κ3) is 4.43. The lowest BCUT2D eigenvalue weighted by Crippen LogP contribution is -2.37. The van der Waals surface area contributed by atoms with Crippen molar-refractivity contribution in [3.8, 4) is 0 Å². The number of hydrogen-bond acceptors (Lipinski definition) is 3. The molecule has 0 unspecified atom stereocenters. The van der Waals surface area contributed by atoms with E-state index < -0.39 is 17.5 Å². The van der Waals surface area contributed by atoms with Gasteiger partial charge < -0.3 is 10.2 Å². The van der Waals surface area contributed by atoms with Crippen molar-refractivity contribution in [2.45, 2.75) is 19.9 Å². The van der Waals surface area contributed by atoms with Crippen LogP contribution in [0, 0.1) is 11.6 Å². The predicted octanol–water partition coefficient (Wildman–Crippen LogP) is 4.65. The van der Waals surface area contributed by atoms with E-state index >= 15 is 0 Å². The van der Waals surface area contributed by atoms with Gasteiger partial charge in [-0.3, -0.25) is 14.7 Å². The van der Waals surface area contributed by atoms with Crippen LogP contribution in [0.5, 0.6) is 0 Å². The average molecular weight is 419 g/mol. The molecule has 1 heterocycles. The SMILES string of the molecule is CC(C)N(C(=O)c1cc(NC(=O)c2cc(F)c(F)cc2Cl)[nH]n1)c1ccccc1. The molecule has 0 spiro atoms. The van der Waals surface area contributed by atoms with Gasteiger partial charge in [0.1, 0.15) is 5.82 Å². The van der Waals surface area contributed by atoms with Gasteiger partial charge >= 0.3 is 0 Å². The quantitative estimate of drug-likeness (QED) is 0.592. The number of halogens is 3. The highest BCUT2D eigenvalue weighted by Gasteiger charge is 2.23. The van der Waals surface area contributed by atoms with E-state index in [1.165, 1.54) is 6.07 Å². The molecule has 150 valence electrons. The molecule has 0 saturated carbocycles. The maximum Gasteiger partial charge on any atom is 0.279 e. The molecular weight excluding hydrogens is 402 g/mol. The molecule has 0 aliphatic rings. The Morgan fingerprint density at radius 2 is 1.76 bits per heavy atom. The highest BCUT2D eigenvalue weighted by molar-refractivity contribution is 6.34. The van der Waals surface area contributed by atoms with E-state index in [0.717, 1.165) is 0 Å². The monoisotopic (exact) mass is 418 g/mol. The van der Waals surface area contributed by atoms with Crippen LogP contribution in [0.3, 0.4) is 0 Å². The smallest absolute Gasteiger partial charge is 0.279 e. The maximum absolute atomic E-state index is 13.4. The summed E-state index contributed by atoms with van der Waals surface area (Å²) in [5.74, 6) is -3.39. The van der Waals surface area contributed by atoms with Crippen LogP contribution in [-0.4, -0.2) is 28.1 Å². The zero-order chi connectivity index (χ0) is 21.1. The standard InChI is InChI=1S/C20H17ClF2N4O2/c1-11(2)27(12-6-4-3-5-7-12)20(29)17-10-18(26-25-17)24-19(28)13-8-15(22)16(23)9-14(13)21/h3-11H,1-2H3,(H2,24,25,26,28). The number of aromatic amines is 1. The van der Waals surface area contributed by atoms with Crippen LogP contribution in [0.1, 0.15) is 34.7 Å². The van der Waals surface area contributed by atoms with Crippen molar-refractivity contribution >= 4 is 34.9 Å². The third-order valence-corrected chi connectivity index (χ3v) is 4.38. The molecule has 0 saturated heterocycles. The van der Waals surface area contributed by atoms with Crippen molar-refractivity contribution in [2.75, 3.05) is 10.2 Å². The fraction of sp³-hybridized carbons (Fsp3) is 0.150. The highest BCUT2D eigenvalue weighted by atomic mass is 35.5. The van der Waals surface area contributed by atoms with Gasteiger partial charge in [-0.25, -0.2) is 8.78 Å². The Hall–Kier alpha value is -3.26. The second kappa shape index (κ2) is 8.40. The van der Waals surface area contributed by atoms with Crippen LogP contribution in [0.2, 0.25) is 5.02 Å². The summed E-state index contributed by atoms with van der Waals surface area (Å²) in [7, 11) is 0. The number of hydrogen-bond donors (Lipinski definition) is 2. The number of H-pyrrole nitrogens is 1. The van der Waals surface area contributed by atoms with Crippen molar-refractivity contribution in [1.82, 2.24) is 10.2 Å². The van der Waals surface area contributed by atoms with E-state index in [2.05, 4.69) is 15.5 Å². The Balaban J connectivity index is 1.81. The number of anilines is 2. The Kier molecular flexibility index (Phi) is 5.93. The lowest BCUT2D eigenvalue weighted by molar-refractivity contribution is 0.0974. The minimum atomic E-state index is -1.20. The molecule has 2 aromatic carbocycles. The first-order valence-electron chi connectivity index (χ1n) is 8.68. The van der Waals surface area contributed by atoms with E-state index in [1.54, 1.807) is 17.0 Å². The minimum Gasteiger partial charge on any atom is -0.307 e. The fourth-order valence-corrected chi connectivity index (χ4v) is 2.98. The van der Waals surface area contributed by atoms with Crippen LogP contribution < -0.4 is 10.2 Å². The van der Waals surface area contributed by atoms with Gasteiger partial charge in [0, 0.05) is 17.8 Å². The number of carbonyl (C=O) groups is 2. The van der Waals surface area contributed by atoms with Gasteiger partial charge in [0.15, 0.2) is 17.3 Å². The first-order valence-corrected chi connectivity index (χ1v) is 9.05. The molecule has 9 heteroatoms. The number of nitrogens with zero attached hydrogens (tertiary/aromatic N) is 2. The van der Waals surface area contributed by atoms with Gasteiger partial charge in [0.05, 0.1) is 10.6 Å². The van der Waals surface area contributed by atoms with Crippen LogP contribution >= 0.6 is 11.6 Å². The zero-order valence-corrected chi connectivity index (χ0v) is 16.3. The number of rotatable bonds is 5. The van der Waals surface area contributed by atoms with Crippen molar-refractivity contribution in [1.29, 1.82) is 0 Å². The Morgan fingerprint density at radius 3 is 2.41 bits per heavy atom. The Bertz CT molecular complexity index is 1050. The highest BCUT2D eigenvalue weighted by Crippen LogP contribution is 2.22. The van der Waals surface area contributed by atoms with Crippen LogP contribution in [0.4, 0.5) is 20.3 Å². The Labute approximate surface area is 170 Å². The van der Waals surface area contributed by atoms with Crippen molar-refractivity contribution in [3.05, 3.63) is 76.4 Å². The number of para-hydroxylation sites is 1. The van der Waals surface area contributed by atoms with Gasteiger partial charge in [-0.1, -0.05) is 29.8 Å². The molecule has 0 aliphatic heterocycles. The summed E-state index contributed by atoms with van der Waals surface area (Å²) >= 11 is 5.81. The van der Waals surface area contributed by atoms with E-state index in [1.807, 2.05) is 32.0 Å². The lowest BCUT2D eigenvalue weighted by atomic mass is 10.2. The molecule has 1 aromatic heterocycles.